The zero-order valence-electron chi connectivity index (χ0n) is 17.2. The van der Waals surface area contributed by atoms with Crippen molar-refractivity contribution in [3.8, 4) is 0 Å². The molecule has 1 rings (SSSR count). The summed E-state index contributed by atoms with van der Waals surface area (Å²) in [7, 11) is 4.09. The number of aliphatic hydroxyl groups is 1. The first-order chi connectivity index (χ1) is 13.5. The van der Waals surface area contributed by atoms with Gasteiger partial charge < -0.3 is 24.1 Å². The number of hydrogen-bond donors (Lipinski definition) is 1. The Labute approximate surface area is 168 Å². The van der Waals surface area contributed by atoms with E-state index in [9.17, 15) is 29.1 Å². The number of ketones is 1. The Hall–Kier alpha value is -2.75. The number of esters is 4. The molecule has 1 aliphatic rings. The lowest BCUT2D eigenvalue weighted by Gasteiger charge is -2.47. The first-order valence-corrected chi connectivity index (χ1v) is 8.71. The molecule has 0 amide bonds. The van der Waals surface area contributed by atoms with E-state index in [0.717, 1.165) is 28.4 Å². The van der Waals surface area contributed by atoms with Crippen molar-refractivity contribution in [1.82, 2.24) is 0 Å². The fourth-order valence-corrected chi connectivity index (χ4v) is 3.69. The molecule has 10 nitrogen and oxygen atoms in total. The highest BCUT2D eigenvalue weighted by molar-refractivity contribution is 6.12. The van der Waals surface area contributed by atoms with Crippen molar-refractivity contribution in [2.45, 2.75) is 25.9 Å². The lowest BCUT2D eigenvalue weighted by Crippen LogP contribution is -2.65. The van der Waals surface area contributed by atoms with Crippen LogP contribution in [0.4, 0.5) is 0 Å². The third-order valence-electron chi connectivity index (χ3n) is 4.95. The number of Topliss-reactive ketones (excluding diaryl/α,β-unsaturated/α-hetero) is 1. The summed E-state index contributed by atoms with van der Waals surface area (Å²) in [5, 5.41) is 11.6. The van der Waals surface area contributed by atoms with Gasteiger partial charge in [-0.3, -0.25) is 24.0 Å². The Bertz CT molecular complexity index is 721. The van der Waals surface area contributed by atoms with Crippen LogP contribution >= 0.6 is 0 Å². The molecule has 0 spiro atoms. The second-order valence-corrected chi connectivity index (χ2v) is 6.92. The predicted molar refractivity (Wildman–Crippen MR) is 96.0 cm³/mol. The van der Waals surface area contributed by atoms with Gasteiger partial charge in [0.25, 0.3) is 0 Å². The molecule has 0 heterocycles. The van der Waals surface area contributed by atoms with Crippen molar-refractivity contribution in [1.29, 1.82) is 0 Å². The molecule has 0 aromatic carbocycles. The smallest absolute Gasteiger partial charge is 0.317 e. The summed E-state index contributed by atoms with van der Waals surface area (Å²) in [6, 6.07) is 0. The summed E-state index contributed by atoms with van der Waals surface area (Å²) < 4.78 is 18.6. The predicted octanol–water partition coefficient (Wildman–Crippen LogP) is -0.187. The van der Waals surface area contributed by atoms with Crippen molar-refractivity contribution in [2.75, 3.05) is 28.4 Å². The third kappa shape index (κ3) is 4.64. The Balaban J connectivity index is 3.89. The van der Waals surface area contributed by atoms with Crippen LogP contribution in [-0.4, -0.2) is 68.8 Å². The Morgan fingerprint density at radius 2 is 1.38 bits per heavy atom. The monoisotopic (exact) mass is 414 g/mol. The van der Waals surface area contributed by atoms with Crippen LogP contribution in [0.2, 0.25) is 0 Å². The van der Waals surface area contributed by atoms with Gasteiger partial charge in [-0.15, -0.1) is 0 Å². The summed E-state index contributed by atoms with van der Waals surface area (Å²) >= 11 is 0. The Kier molecular flexibility index (Phi) is 8.07. The molecule has 1 aliphatic carbocycles. The minimum absolute atomic E-state index is 0.583. The van der Waals surface area contributed by atoms with Crippen molar-refractivity contribution < 1.29 is 48.0 Å². The number of carbonyl (C=O) groups excluding carboxylic acids is 5. The quantitative estimate of drug-likeness (QED) is 0.269. The minimum Gasteiger partial charge on any atom is -0.469 e. The van der Waals surface area contributed by atoms with Gasteiger partial charge in [-0.25, -0.2) is 0 Å². The number of allylic oxidation sites excluding steroid dienone is 1. The molecule has 0 radical (unpaired) electrons. The van der Waals surface area contributed by atoms with Crippen LogP contribution in [0.5, 0.6) is 0 Å². The van der Waals surface area contributed by atoms with E-state index in [1.807, 2.05) is 0 Å². The number of ether oxygens (including phenoxy) is 4. The number of hydrogen-bond acceptors (Lipinski definition) is 10. The molecular formula is C19H26O10. The van der Waals surface area contributed by atoms with Crippen molar-refractivity contribution in [2.24, 2.45) is 23.7 Å². The molecule has 1 fully saturated rings. The van der Waals surface area contributed by atoms with Crippen molar-refractivity contribution in [3.63, 3.8) is 0 Å². The highest BCUT2D eigenvalue weighted by Crippen LogP contribution is 2.48. The van der Waals surface area contributed by atoms with Gasteiger partial charge in [0.05, 0.1) is 40.5 Å². The molecule has 162 valence electrons. The molecule has 10 heteroatoms. The van der Waals surface area contributed by atoms with Gasteiger partial charge in [-0.05, 0) is 13.8 Å². The van der Waals surface area contributed by atoms with E-state index in [2.05, 4.69) is 9.47 Å². The first kappa shape index (κ1) is 24.3. The molecule has 1 N–H and O–H groups in total. The Morgan fingerprint density at radius 3 is 1.79 bits per heavy atom. The molecule has 0 saturated heterocycles. The van der Waals surface area contributed by atoms with Crippen LogP contribution in [-0.2, 0) is 42.9 Å². The van der Waals surface area contributed by atoms with Gasteiger partial charge in [0.2, 0.25) is 0 Å². The van der Waals surface area contributed by atoms with Gasteiger partial charge in [-0.1, -0.05) is 11.6 Å². The van der Waals surface area contributed by atoms with Gasteiger partial charge in [0, 0.05) is 5.92 Å². The molecule has 1 saturated carbocycles. The van der Waals surface area contributed by atoms with E-state index in [-0.39, 0.29) is 0 Å². The van der Waals surface area contributed by atoms with Crippen LogP contribution in [0.25, 0.3) is 0 Å². The zero-order chi connectivity index (χ0) is 22.5. The Morgan fingerprint density at radius 1 is 0.897 bits per heavy atom. The fraction of sp³-hybridized carbons (Fsp3) is 0.632. The maximum absolute atomic E-state index is 13.1. The fourth-order valence-electron chi connectivity index (χ4n) is 3.69. The summed E-state index contributed by atoms with van der Waals surface area (Å²) in [5.41, 5.74) is -1.79. The maximum atomic E-state index is 13.1. The van der Waals surface area contributed by atoms with Crippen molar-refractivity contribution >= 4 is 29.7 Å². The highest BCUT2D eigenvalue weighted by Gasteiger charge is 2.65. The van der Waals surface area contributed by atoms with Crippen LogP contribution in [0, 0.1) is 23.7 Å². The van der Waals surface area contributed by atoms with E-state index in [0.29, 0.717) is 5.57 Å². The highest BCUT2D eigenvalue weighted by atomic mass is 16.5. The zero-order valence-corrected chi connectivity index (χ0v) is 17.2. The van der Waals surface area contributed by atoms with Crippen LogP contribution in [0.1, 0.15) is 20.3 Å². The van der Waals surface area contributed by atoms with Gasteiger partial charge in [0.15, 0.2) is 5.78 Å². The van der Waals surface area contributed by atoms with E-state index in [4.69, 9.17) is 9.47 Å². The molecular weight excluding hydrogens is 388 g/mol. The molecule has 29 heavy (non-hydrogen) atoms. The molecule has 0 aromatic rings. The van der Waals surface area contributed by atoms with E-state index >= 15 is 0 Å². The summed E-state index contributed by atoms with van der Waals surface area (Å²) in [6.45, 7) is 3.27. The molecule has 0 aliphatic heterocycles. The second-order valence-electron chi connectivity index (χ2n) is 6.92. The maximum Gasteiger partial charge on any atom is 0.317 e. The average molecular weight is 414 g/mol. The number of carbonyl (C=O) groups is 5. The number of rotatable bonds is 6. The largest absolute Gasteiger partial charge is 0.469 e. The standard InChI is InChI=1S/C19H26O10/c1-9(2)7-10-12(16(22)27-4)15(21)13(17(23)28-5)14(18(24)29-6)19(10,25)8-11(20)26-3/h7,10,12-14,25H,8H2,1-6H3/t10-,12+,13-,14-,19+/m1/s1. The number of methoxy groups -OCH3 is 4. The lowest BCUT2D eigenvalue weighted by atomic mass is 9.57. The topological polar surface area (TPSA) is 142 Å². The lowest BCUT2D eigenvalue weighted by molar-refractivity contribution is -0.197. The molecule has 0 aromatic heterocycles. The van der Waals surface area contributed by atoms with Gasteiger partial charge in [0.1, 0.15) is 17.8 Å². The van der Waals surface area contributed by atoms with Crippen LogP contribution in [0.15, 0.2) is 11.6 Å². The van der Waals surface area contributed by atoms with E-state index in [1.165, 1.54) is 6.08 Å². The van der Waals surface area contributed by atoms with Gasteiger partial charge >= 0.3 is 23.9 Å². The second kappa shape index (κ2) is 9.64. The van der Waals surface area contributed by atoms with Crippen molar-refractivity contribution in [3.05, 3.63) is 11.6 Å². The summed E-state index contributed by atoms with van der Waals surface area (Å²) in [6.07, 6.45) is 0.595. The molecule has 0 bridgehead atoms. The molecule has 0 unspecified atom stereocenters. The summed E-state index contributed by atoms with van der Waals surface area (Å²) in [4.78, 5) is 62.6. The van der Waals surface area contributed by atoms with E-state index in [1.54, 1.807) is 13.8 Å². The minimum atomic E-state index is -2.37. The molecule has 5 atom stereocenters. The SMILES string of the molecule is COC(=O)C[C@]1(O)[C@H](C=C(C)C)[C@H](C(=O)OC)C(=O)[C@H](C(=O)OC)[C@@H]1C(=O)OC. The van der Waals surface area contributed by atoms with Gasteiger partial charge in [-0.2, -0.15) is 0 Å². The first-order valence-electron chi connectivity index (χ1n) is 8.71. The third-order valence-corrected chi connectivity index (χ3v) is 4.95. The average Bonchev–Trinajstić information content (AvgIpc) is 2.68. The van der Waals surface area contributed by atoms with E-state index < -0.39 is 65.4 Å². The summed E-state index contributed by atoms with van der Waals surface area (Å²) in [5.74, 6) is -11.9. The normalized spacial score (nSPS) is 28.7. The van der Waals surface area contributed by atoms with Crippen LogP contribution < -0.4 is 0 Å². The van der Waals surface area contributed by atoms with Crippen LogP contribution in [0.3, 0.4) is 0 Å².